The number of rotatable bonds is 11. The van der Waals surface area contributed by atoms with Gasteiger partial charge < -0.3 is 19.1 Å². The lowest BCUT2D eigenvalue weighted by Crippen LogP contribution is -2.34. The van der Waals surface area contributed by atoms with E-state index in [2.05, 4.69) is 0 Å². The average molecular weight is 351 g/mol. The maximum absolute atomic E-state index is 12.3. The normalized spacial score (nSPS) is 10.2. The van der Waals surface area contributed by atoms with E-state index in [1.54, 1.807) is 26.0 Å². The van der Waals surface area contributed by atoms with Gasteiger partial charge in [-0.1, -0.05) is 13.0 Å². The van der Waals surface area contributed by atoms with Crippen LogP contribution >= 0.6 is 0 Å². The molecule has 1 rings (SSSR count). The van der Waals surface area contributed by atoms with Crippen molar-refractivity contribution >= 4 is 11.9 Å². The molecule has 0 heterocycles. The van der Waals surface area contributed by atoms with Crippen LogP contribution in [0.4, 0.5) is 0 Å². The predicted molar refractivity (Wildman–Crippen MR) is 96.0 cm³/mol. The van der Waals surface area contributed by atoms with Gasteiger partial charge in [0.25, 0.3) is 0 Å². The lowest BCUT2D eigenvalue weighted by Gasteiger charge is -2.22. The van der Waals surface area contributed by atoms with Crippen LogP contribution in [0.5, 0.6) is 11.5 Å². The van der Waals surface area contributed by atoms with Crippen LogP contribution in [0.25, 0.3) is 0 Å². The molecule has 0 spiro atoms. The summed E-state index contributed by atoms with van der Waals surface area (Å²) in [7, 11) is 3.19. The Bertz CT molecular complexity index is 559. The first-order valence-corrected chi connectivity index (χ1v) is 8.69. The quantitative estimate of drug-likeness (QED) is 0.574. The van der Waals surface area contributed by atoms with Crippen molar-refractivity contribution in [1.29, 1.82) is 0 Å². The molecule has 0 aliphatic heterocycles. The molecule has 0 aliphatic rings. The van der Waals surface area contributed by atoms with Crippen molar-refractivity contribution in [1.82, 2.24) is 4.90 Å². The molecule has 0 N–H and O–H groups in total. The van der Waals surface area contributed by atoms with E-state index in [0.29, 0.717) is 44.0 Å². The SMILES string of the molecule is CCCC(=O)N(CCC(=O)OCC)CCc1ccc(OC)c(OC)c1. The van der Waals surface area contributed by atoms with E-state index < -0.39 is 0 Å². The number of amides is 1. The highest BCUT2D eigenvalue weighted by Crippen LogP contribution is 2.27. The van der Waals surface area contributed by atoms with Gasteiger partial charge in [0.15, 0.2) is 11.5 Å². The minimum atomic E-state index is -0.275. The zero-order valence-electron chi connectivity index (χ0n) is 15.7. The molecular weight excluding hydrogens is 322 g/mol. The molecule has 6 heteroatoms. The molecule has 25 heavy (non-hydrogen) atoms. The van der Waals surface area contributed by atoms with Gasteiger partial charge in [-0.15, -0.1) is 0 Å². The fourth-order valence-corrected chi connectivity index (χ4v) is 2.49. The Kier molecular flexibility index (Phi) is 9.43. The van der Waals surface area contributed by atoms with Crippen LogP contribution in [0.1, 0.15) is 38.7 Å². The zero-order chi connectivity index (χ0) is 18.7. The van der Waals surface area contributed by atoms with Crippen LogP contribution in [0.3, 0.4) is 0 Å². The third kappa shape index (κ3) is 7.03. The number of esters is 1. The number of methoxy groups -OCH3 is 2. The molecule has 140 valence electrons. The highest BCUT2D eigenvalue weighted by atomic mass is 16.5. The van der Waals surface area contributed by atoms with Gasteiger partial charge in [-0.2, -0.15) is 0 Å². The monoisotopic (exact) mass is 351 g/mol. The van der Waals surface area contributed by atoms with Crippen LogP contribution in [0, 0.1) is 0 Å². The molecule has 0 fully saturated rings. The van der Waals surface area contributed by atoms with Crippen molar-refractivity contribution in [2.24, 2.45) is 0 Å². The van der Waals surface area contributed by atoms with E-state index in [-0.39, 0.29) is 18.3 Å². The summed E-state index contributed by atoms with van der Waals surface area (Å²) in [4.78, 5) is 25.6. The van der Waals surface area contributed by atoms with Crippen molar-refractivity contribution < 1.29 is 23.8 Å². The Morgan fingerprint density at radius 3 is 2.32 bits per heavy atom. The second-order valence-corrected chi connectivity index (χ2v) is 5.63. The molecule has 0 aliphatic carbocycles. The van der Waals surface area contributed by atoms with Gasteiger partial charge in [0.2, 0.25) is 5.91 Å². The van der Waals surface area contributed by atoms with Crippen molar-refractivity contribution in [2.75, 3.05) is 33.9 Å². The summed E-state index contributed by atoms with van der Waals surface area (Å²) >= 11 is 0. The molecule has 1 aromatic rings. The van der Waals surface area contributed by atoms with Crippen molar-refractivity contribution in [3.05, 3.63) is 23.8 Å². The minimum Gasteiger partial charge on any atom is -0.493 e. The number of hydrogen-bond donors (Lipinski definition) is 0. The number of nitrogens with zero attached hydrogens (tertiary/aromatic N) is 1. The van der Waals surface area contributed by atoms with Crippen LogP contribution in [-0.4, -0.2) is 50.7 Å². The number of carbonyl (C=O) groups is 2. The Balaban J connectivity index is 2.70. The fourth-order valence-electron chi connectivity index (χ4n) is 2.49. The average Bonchev–Trinajstić information content (AvgIpc) is 2.61. The second-order valence-electron chi connectivity index (χ2n) is 5.63. The maximum atomic E-state index is 12.3. The van der Waals surface area contributed by atoms with Crippen molar-refractivity contribution in [3.63, 3.8) is 0 Å². The molecule has 1 aromatic carbocycles. The van der Waals surface area contributed by atoms with E-state index in [9.17, 15) is 9.59 Å². The highest BCUT2D eigenvalue weighted by molar-refractivity contribution is 5.77. The van der Waals surface area contributed by atoms with Crippen LogP contribution in [0.2, 0.25) is 0 Å². The molecule has 0 radical (unpaired) electrons. The Morgan fingerprint density at radius 1 is 1.00 bits per heavy atom. The van der Waals surface area contributed by atoms with Crippen LogP contribution in [0.15, 0.2) is 18.2 Å². The topological polar surface area (TPSA) is 65.1 Å². The predicted octanol–water partition coefficient (Wildman–Crippen LogP) is 2.83. The standard InChI is InChI=1S/C19H29NO5/c1-5-7-18(21)20(13-11-19(22)25-6-2)12-10-15-8-9-16(23-3)17(14-15)24-4/h8-9,14H,5-7,10-13H2,1-4H3. The van der Waals surface area contributed by atoms with E-state index >= 15 is 0 Å². The Labute approximate surface area is 150 Å². The molecule has 0 bridgehead atoms. The number of carbonyl (C=O) groups excluding carboxylic acids is 2. The number of benzene rings is 1. The zero-order valence-corrected chi connectivity index (χ0v) is 15.7. The molecule has 0 unspecified atom stereocenters. The molecule has 0 aromatic heterocycles. The summed E-state index contributed by atoms with van der Waals surface area (Å²) < 4.78 is 15.5. The summed E-state index contributed by atoms with van der Waals surface area (Å²) in [6.07, 6.45) is 2.16. The molecule has 1 amide bonds. The van der Waals surface area contributed by atoms with Gasteiger partial charge in [-0.3, -0.25) is 9.59 Å². The van der Waals surface area contributed by atoms with Gasteiger partial charge in [0.05, 0.1) is 27.2 Å². The van der Waals surface area contributed by atoms with Crippen LogP contribution in [-0.2, 0) is 20.7 Å². The smallest absolute Gasteiger partial charge is 0.307 e. The van der Waals surface area contributed by atoms with Crippen LogP contribution < -0.4 is 9.47 Å². The van der Waals surface area contributed by atoms with E-state index in [4.69, 9.17) is 14.2 Å². The molecule has 0 atom stereocenters. The first-order chi connectivity index (χ1) is 12.0. The van der Waals surface area contributed by atoms with Gasteiger partial charge in [0, 0.05) is 19.5 Å². The summed E-state index contributed by atoms with van der Waals surface area (Å²) in [5.74, 6) is 1.13. The highest BCUT2D eigenvalue weighted by Gasteiger charge is 2.15. The summed E-state index contributed by atoms with van der Waals surface area (Å²) in [5, 5.41) is 0. The number of hydrogen-bond acceptors (Lipinski definition) is 5. The van der Waals surface area contributed by atoms with E-state index in [1.807, 2.05) is 25.1 Å². The lowest BCUT2D eigenvalue weighted by atomic mass is 10.1. The second kappa shape index (κ2) is 11.3. The Hall–Kier alpha value is -2.24. The van der Waals surface area contributed by atoms with Crippen molar-refractivity contribution in [3.8, 4) is 11.5 Å². The van der Waals surface area contributed by atoms with Gasteiger partial charge in [-0.25, -0.2) is 0 Å². The third-order valence-corrected chi connectivity index (χ3v) is 3.83. The van der Waals surface area contributed by atoms with Gasteiger partial charge in [0.1, 0.15) is 0 Å². The molecular formula is C19H29NO5. The summed E-state index contributed by atoms with van der Waals surface area (Å²) in [6, 6.07) is 5.72. The van der Waals surface area contributed by atoms with Gasteiger partial charge >= 0.3 is 5.97 Å². The maximum Gasteiger partial charge on any atom is 0.307 e. The minimum absolute atomic E-state index is 0.0623. The lowest BCUT2D eigenvalue weighted by molar-refractivity contribution is -0.144. The largest absolute Gasteiger partial charge is 0.493 e. The number of ether oxygens (including phenoxy) is 3. The third-order valence-electron chi connectivity index (χ3n) is 3.83. The summed E-state index contributed by atoms with van der Waals surface area (Å²) in [5.41, 5.74) is 1.04. The Morgan fingerprint density at radius 2 is 1.72 bits per heavy atom. The van der Waals surface area contributed by atoms with E-state index in [0.717, 1.165) is 12.0 Å². The van der Waals surface area contributed by atoms with E-state index in [1.165, 1.54) is 0 Å². The first kappa shape index (κ1) is 20.8. The van der Waals surface area contributed by atoms with Gasteiger partial charge in [-0.05, 0) is 37.5 Å². The first-order valence-electron chi connectivity index (χ1n) is 8.69. The summed E-state index contributed by atoms with van der Waals surface area (Å²) in [6.45, 7) is 5.02. The van der Waals surface area contributed by atoms with Crippen molar-refractivity contribution in [2.45, 2.75) is 39.5 Å². The molecule has 0 saturated carbocycles. The molecule has 0 saturated heterocycles. The molecule has 6 nitrogen and oxygen atoms in total. The fraction of sp³-hybridized carbons (Fsp3) is 0.579.